The molecule has 0 aliphatic rings. The Bertz CT molecular complexity index is 4240. The van der Waals surface area contributed by atoms with Gasteiger partial charge in [0.25, 0.3) is 0 Å². The second kappa shape index (κ2) is 14.7. The van der Waals surface area contributed by atoms with Crippen LogP contribution in [0.4, 0.5) is 17.1 Å². The maximum Gasteiger partial charge on any atom is 0.0473 e. The zero-order valence-corrected chi connectivity index (χ0v) is 37.6. The molecule has 1 nitrogen and oxygen atoms in total. The first-order valence-electron chi connectivity index (χ1n) is 24.0. The van der Waals surface area contributed by atoms with Crippen LogP contribution in [0.3, 0.4) is 0 Å². The molecule has 0 saturated carbocycles. The molecule has 0 atom stereocenters. The molecule has 0 aliphatic heterocycles. The molecule has 0 spiro atoms. The van der Waals surface area contributed by atoms with Crippen LogP contribution in [0.1, 0.15) is 0 Å². The molecular formula is C68H41N. The van der Waals surface area contributed by atoms with E-state index < -0.39 is 0 Å². The Hall–Kier alpha value is -9.04. The Morgan fingerprint density at radius 1 is 0.203 bits per heavy atom. The molecule has 0 radical (unpaired) electrons. The van der Waals surface area contributed by atoms with Crippen LogP contribution in [0, 0.1) is 0 Å². The smallest absolute Gasteiger partial charge is 0.0473 e. The molecule has 0 unspecified atom stereocenters. The highest BCUT2D eigenvalue weighted by Gasteiger charge is 2.24. The SMILES string of the molecule is c1ccc(-c2cc(-c3ccccc3)c3c4ccccc4c4cc(N(c5cc6ccc7cccc8ccc(c5)c6c78)c5cc6ccc7cccc8ccc(c5)c6c78)ccc4c3c2-c2ccccc2)cc1. The number of nitrogens with zero attached hydrogens (tertiary/aromatic N) is 1. The predicted molar refractivity (Wildman–Crippen MR) is 297 cm³/mol. The molecule has 15 rings (SSSR count). The summed E-state index contributed by atoms with van der Waals surface area (Å²) in [6, 6.07) is 93.0. The standard InChI is InChI=1S/C68H41N/c1-4-14-42(15-5-1)59-41-60(43-16-6-2-7-17-43)67-57-25-11-10-24-56(57)61-40-53(34-35-58(61)68(67)66(59)44-18-8-3-9-19-44)69(54-36-49-30-26-45-20-12-21-46-27-31-50(37-54)64(49)62(45)46)55-38-51-32-28-47-22-13-23-48-29-33-52(39-55)65(51)63(47)48/h1-41H. The van der Waals surface area contributed by atoms with E-state index in [9.17, 15) is 0 Å². The highest BCUT2D eigenvalue weighted by Crippen LogP contribution is 2.51. The van der Waals surface area contributed by atoms with Crippen LogP contribution in [0.25, 0.3) is 130 Å². The lowest BCUT2D eigenvalue weighted by Gasteiger charge is -2.28. The van der Waals surface area contributed by atoms with Crippen molar-refractivity contribution in [2.45, 2.75) is 0 Å². The second-order valence-corrected chi connectivity index (χ2v) is 18.8. The van der Waals surface area contributed by atoms with E-state index in [0.29, 0.717) is 0 Å². The van der Waals surface area contributed by atoms with E-state index in [0.717, 1.165) is 17.1 Å². The average molecular weight is 872 g/mol. The molecule has 69 heavy (non-hydrogen) atoms. The third kappa shape index (κ3) is 5.71. The maximum atomic E-state index is 2.51. The Balaban J connectivity index is 1.07. The van der Waals surface area contributed by atoms with E-state index in [4.69, 9.17) is 0 Å². The first kappa shape index (κ1) is 38.1. The van der Waals surface area contributed by atoms with Crippen molar-refractivity contribution in [3.05, 3.63) is 249 Å². The summed E-state index contributed by atoms with van der Waals surface area (Å²) in [7, 11) is 0. The highest BCUT2D eigenvalue weighted by atomic mass is 15.1. The van der Waals surface area contributed by atoms with Gasteiger partial charge < -0.3 is 4.90 Å². The van der Waals surface area contributed by atoms with Crippen molar-refractivity contribution < 1.29 is 0 Å². The number of anilines is 3. The van der Waals surface area contributed by atoms with Gasteiger partial charge in [-0.05, 0) is 173 Å². The van der Waals surface area contributed by atoms with E-state index >= 15 is 0 Å². The average Bonchev–Trinajstić information content (AvgIpc) is 3.42. The Labute approximate surface area is 399 Å². The summed E-state index contributed by atoms with van der Waals surface area (Å²) in [5.74, 6) is 0. The quantitative estimate of drug-likeness (QED) is 0.151. The Kier molecular flexibility index (Phi) is 8.13. The third-order valence-electron chi connectivity index (χ3n) is 15.0. The summed E-state index contributed by atoms with van der Waals surface area (Å²) in [6.07, 6.45) is 0. The lowest BCUT2D eigenvalue weighted by Crippen LogP contribution is -2.10. The number of rotatable bonds is 6. The summed E-state index contributed by atoms with van der Waals surface area (Å²) in [4.78, 5) is 2.51. The zero-order chi connectivity index (χ0) is 45.2. The minimum atomic E-state index is 1.11. The molecule has 15 aromatic rings. The van der Waals surface area contributed by atoms with Gasteiger partial charge >= 0.3 is 0 Å². The molecule has 15 aromatic carbocycles. The minimum absolute atomic E-state index is 1.11. The van der Waals surface area contributed by atoms with E-state index in [1.807, 2.05) is 0 Å². The van der Waals surface area contributed by atoms with Gasteiger partial charge in [0, 0.05) is 17.1 Å². The third-order valence-corrected chi connectivity index (χ3v) is 15.0. The van der Waals surface area contributed by atoms with Gasteiger partial charge in [0.05, 0.1) is 0 Å². The zero-order valence-electron chi connectivity index (χ0n) is 37.6. The molecular weight excluding hydrogens is 831 g/mol. The summed E-state index contributed by atoms with van der Waals surface area (Å²) < 4.78 is 0. The Morgan fingerprint density at radius 2 is 0.609 bits per heavy atom. The number of hydrogen-bond donors (Lipinski definition) is 0. The van der Waals surface area contributed by atoms with Gasteiger partial charge in [-0.3, -0.25) is 0 Å². The van der Waals surface area contributed by atoms with Crippen molar-refractivity contribution in [1.82, 2.24) is 0 Å². The fourth-order valence-electron chi connectivity index (χ4n) is 12.1. The van der Waals surface area contributed by atoms with Crippen LogP contribution in [0.2, 0.25) is 0 Å². The molecule has 0 fully saturated rings. The van der Waals surface area contributed by atoms with Gasteiger partial charge in [0.2, 0.25) is 0 Å². The van der Waals surface area contributed by atoms with E-state index in [1.165, 1.54) is 130 Å². The fraction of sp³-hybridized carbons (Fsp3) is 0. The minimum Gasteiger partial charge on any atom is -0.310 e. The van der Waals surface area contributed by atoms with Crippen LogP contribution in [0.5, 0.6) is 0 Å². The van der Waals surface area contributed by atoms with Crippen LogP contribution in [-0.4, -0.2) is 0 Å². The van der Waals surface area contributed by atoms with Crippen molar-refractivity contribution in [3.8, 4) is 33.4 Å². The first-order valence-corrected chi connectivity index (χ1v) is 24.0. The van der Waals surface area contributed by atoms with Crippen molar-refractivity contribution in [2.75, 3.05) is 4.90 Å². The number of benzene rings is 15. The van der Waals surface area contributed by atoms with E-state index in [-0.39, 0.29) is 0 Å². The second-order valence-electron chi connectivity index (χ2n) is 18.8. The Morgan fingerprint density at radius 3 is 1.12 bits per heavy atom. The number of fused-ring (bicyclic) bond motifs is 6. The summed E-state index contributed by atoms with van der Waals surface area (Å²) in [6.45, 7) is 0. The molecule has 0 N–H and O–H groups in total. The van der Waals surface area contributed by atoms with Crippen molar-refractivity contribution in [3.63, 3.8) is 0 Å². The largest absolute Gasteiger partial charge is 0.310 e. The van der Waals surface area contributed by atoms with Gasteiger partial charge in [-0.25, -0.2) is 0 Å². The topological polar surface area (TPSA) is 3.24 Å². The van der Waals surface area contributed by atoms with Gasteiger partial charge in [0.1, 0.15) is 0 Å². The van der Waals surface area contributed by atoms with E-state index in [1.54, 1.807) is 0 Å². The molecule has 0 heterocycles. The molecule has 0 aliphatic carbocycles. The number of hydrogen-bond acceptors (Lipinski definition) is 1. The van der Waals surface area contributed by atoms with Crippen LogP contribution >= 0.6 is 0 Å². The van der Waals surface area contributed by atoms with Crippen molar-refractivity contribution in [2.24, 2.45) is 0 Å². The molecule has 0 saturated heterocycles. The molecule has 1 heteroatoms. The molecule has 0 amide bonds. The van der Waals surface area contributed by atoms with Gasteiger partial charge in [-0.2, -0.15) is 0 Å². The van der Waals surface area contributed by atoms with Gasteiger partial charge in [0.15, 0.2) is 0 Å². The monoisotopic (exact) mass is 871 g/mol. The summed E-state index contributed by atoms with van der Waals surface area (Å²) in [5, 5.41) is 22.8. The van der Waals surface area contributed by atoms with Crippen LogP contribution in [0.15, 0.2) is 249 Å². The lowest BCUT2D eigenvalue weighted by atomic mass is 9.81. The maximum absolute atomic E-state index is 2.51. The van der Waals surface area contributed by atoms with Crippen molar-refractivity contribution in [1.29, 1.82) is 0 Å². The van der Waals surface area contributed by atoms with Crippen LogP contribution in [-0.2, 0) is 0 Å². The van der Waals surface area contributed by atoms with Crippen molar-refractivity contribution >= 4 is 114 Å². The first-order chi connectivity index (χ1) is 34.2. The lowest BCUT2D eigenvalue weighted by molar-refractivity contribution is 1.31. The molecule has 318 valence electrons. The fourth-order valence-corrected chi connectivity index (χ4v) is 12.1. The molecule has 0 aromatic heterocycles. The van der Waals surface area contributed by atoms with E-state index in [2.05, 4.69) is 254 Å². The summed E-state index contributed by atoms with van der Waals surface area (Å²) in [5.41, 5.74) is 10.7. The summed E-state index contributed by atoms with van der Waals surface area (Å²) >= 11 is 0. The normalized spacial score (nSPS) is 12.1. The molecule has 0 bridgehead atoms. The van der Waals surface area contributed by atoms with Gasteiger partial charge in [-0.1, -0.05) is 206 Å². The highest BCUT2D eigenvalue weighted by molar-refractivity contribution is 6.33. The van der Waals surface area contributed by atoms with Gasteiger partial charge in [-0.15, -0.1) is 0 Å². The van der Waals surface area contributed by atoms with Crippen LogP contribution < -0.4 is 4.90 Å². The predicted octanol–water partition coefficient (Wildman–Crippen LogP) is 19.4.